The molecule has 1 aromatic rings. The van der Waals surface area contributed by atoms with E-state index in [0.29, 0.717) is 28.1 Å². The number of hydrogen-bond acceptors (Lipinski definition) is 2. The van der Waals surface area contributed by atoms with Crippen LogP contribution in [0.3, 0.4) is 0 Å². The molecule has 0 unspecified atom stereocenters. The van der Waals surface area contributed by atoms with Crippen molar-refractivity contribution in [3.8, 4) is 0 Å². The van der Waals surface area contributed by atoms with E-state index in [1.54, 1.807) is 0 Å². The van der Waals surface area contributed by atoms with E-state index in [1.165, 1.54) is 63.4 Å². The van der Waals surface area contributed by atoms with Crippen LogP contribution < -0.4 is 0 Å². The Morgan fingerprint density at radius 3 is 1.87 bits per heavy atom. The second kappa shape index (κ2) is 7.13. The molecule has 0 N–H and O–H groups in total. The van der Waals surface area contributed by atoms with Crippen LogP contribution >= 0.6 is 0 Å². The van der Waals surface area contributed by atoms with Gasteiger partial charge in [0.05, 0.1) is 11.0 Å². The number of nitrogens with zero attached hydrogens (tertiary/aromatic N) is 2. The molecule has 1 aliphatic heterocycles. The van der Waals surface area contributed by atoms with Gasteiger partial charge in [0.1, 0.15) is 0 Å². The number of amides is 2. The summed E-state index contributed by atoms with van der Waals surface area (Å²) in [6, 6.07) is 11.1. The minimum absolute atomic E-state index is 0.0154. The molecule has 7 saturated carbocycles. The number of benzene rings is 1. The van der Waals surface area contributed by atoms with Gasteiger partial charge in [0.25, 0.3) is 0 Å². The molecule has 0 atom stereocenters. The zero-order valence-corrected chi connectivity index (χ0v) is 24.0. The van der Waals surface area contributed by atoms with E-state index in [-0.39, 0.29) is 21.8 Å². The highest BCUT2D eigenvalue weighted by Gasteiger charge is 2.77. The first-order valence-corrected chi connectivity index (χ1v) is 16.5. The smallest absolute Gasteiger partial charge is 0.229 e. The second-order valence-corrected chi connectivity index (χ2v) is 15.8. The molecule has 2 spiro atoms. The molecule has 0 radical (unpaired) electrons. The Morgan fingerprint density at radius 1 is 0.744 bits per heavy atom. The van der Waals surface area contributed by atoms with Crippen molar-refractivity contribution >= 4 is 11.8 Å². The van der Waals surface area contributed by atoms with Crippen molar-refractivity contribution in [2.24, 2.45) is 27.1 Å². The van der Waals surface area contributed by atoms with Crippen molar-refractivity contribution in [1.29, 1.82) is 0 Å². The number of hydrogen-bond donors (Lipinski definition) is 0. The predicted molar refractivity (Wildman–Crippen MR) is 151 cm³/mol. The van der Waals surface area contributed by atoms with Gasteiger partial charge in [-0.25, -0.2) is 0 Å². The topological polar surface area (TPSA) is 40.6 Å². The van der Waals surface area contributed by atoms with E-state index >= 15 is 0 Å². The molecular formula is C35H46N2O2. The molecule has 208 valence electrons. The standard InChI is InChI=1S/C35H46N2O2/c1-2-29(8-9-29)34(18-19-34)30(10-11-30)24-27(38)36-22-23-37(28(39)33(16-17-33)31(25-36)12-13-31)35(20-21-35)32(14-15-32)26-6-4-3-5-7-26/h3-7H,2,8-25H2,1H3. The first-order valence-electron chi connectivity index (χ1n) is 16.5. The summed E-state index contributed by atoms with van der Waals surface area (Å²) >= 11 is 0. The van der Waals surface area contributed by atoms with Crippen LogP contribution in [0, 0.1) is 27.1 Å². The largest absolute Gasteiger partial charge is 0.340 e. The lowest BCUT2D eigenvalue weighted by Gasteiger charge is -2.46. The maximum absolute atomic E-state index is 14.6. The Morgan fingerprint density at radius 2 is 1.38 bits per heavy atom. The Balaban J connectivity index is 1.02. The molecule has 4 nitrogen and oxygen atoms in total. The normalized spacial score (nSPS) is 33.2. The van der Waals surface area contributed by atoms with Crippen LogP contribution in [0.5, 0.6) is 0 Å². The summed E-state index contributed by atoms with van der Waals surface area (Å²) in [5, 5.41) is 0. The van der Waals surface area contributed by atoms with Crippen molar-refractivity contribution in [3.63, 3.8) is 0 Å². The van der Waals surface area contributed by atoms with Crippen molar-refractivity contribution in [1.82, 2.24) is 9.80 Å². The molecule has 7 aliphatic carbocycles. The van der Waals surface area contributed by atoms with Gasteiger partial charge in [0, 0.05) is 36.9 Å². The number of rotatable bonds is 8. The molecule has 8 fully saturated rings. The van der Waals surface area contributed by atoms with Gasteiger partial charge in [-0.2, -0.15) is 0 Å². The Hall–Kier alpha value is -1.84. The molecule has 0 bridgehead atoms. The Labute approximate surface area is 234 Å². The quantitative estimate of drug-likeness (QED) is 0.382. The van der Waals surface area contributed by atoms with Gasteiger partial charge in [0.2, 0.25) is 11.8 Å². The van der Waals surface area contributed by atoms with Gasteiger partial charge in [-0.1, -0.05) is 37.3 Å². The lowest BCUT2D eigenvalue weighted by molar-refractivity contribution is -0.151. The van der Waals surface area contributed by atoms with Crippen LogP contribution in [0.1, 0.15) is 115 Å². The lowest BCUT2D eigenvalue weighted by Crippen LogP contribution is -2.59. The van der Waals surface area contributed by atoms with Gasteiger partial charge < -0.3 is 9.80 Å². The van der Waals surface area contributed by atoms with Crippen LogP contribution in [0.25, 0.3) is 0 Å². The van der Waals surface area contributed by atoms with Crippen LogP contribution in [0.4, 0.5) is 0 Å². The first-order chi connectivity index (χ1) is 18.9. The molecule has 1 aromatic carbocycles. The van der Waals surface area contributed by atoms with Crippen molar-refractivity contribution in [2.45, 2.75) is 121 Å². The molecule has 1 saturated heterocycles. The predicted octanol–water partition coefficient (Wildman–Crippen LogP) is 6.62. The van der Waals surface area contributed by atoms with Gasteiger partial charge in [-0.05, 0) is 118 Å². The molecule has 39 heavy (non-hydrogen) atoms. The summed E-state index contributed by atoms with van der Waals surface area (Å²) in [7, 11) is 0. The van der Waals surface area contributed by atoms with E-state index in [2.05, 4.69) is 47.1 Å². The highest BCUT2D eigenvalue weighted by Crippen LogP contribution is 2.84. The van der Waals surface area contributed by atoms with Crippen molar-refractivity contribution in [2.75, 3.05) is 19.6 Å². The average Bonchev–Trinajstić information content (AvgIpc) is 3.76. The fraction of sp³-hybridized carbons (Fsp3) is 0.771. The maximum Gasteiger partial charge on any atom is 0.229 e. The first kappa shape index (κ1) is 23.8. The molecule has 1 heterocycles. The molecule has 2 amide bonds. The highest BCUT2D eigenvalue weighted by molar-refractivity contribution is 5.89. The molecule has 0 aromatic heterocycles. The van der Waals surface area contributed by atoms with Crippen molar-refractivity contribution in [3.05, 3.63) is 35.9 Å². The van der Waals surface area contributed by atoms with E-state index in [9.17, 15) is 9.59 Å². The molecule has 8 aliphatic rings. The summed E-state index contributed by atoms with van der Waals surface area (Å²) < 4.78 is 0. The van der Waals surface area contributed by atoms with Crippen LogP contribution in [0.2, 0.25) is 0 Å². The number of fused-ring (bicyclic) bond motifs is 1. The number of carbonyl (C=O) groups is 2. The third kappa shape index (κ3) is 2.87. The lowest BCUT2D eigenvalue weighted by atomic mass is 9.70. The second-order valence-electron chi connectivity index (χ2n) is 15.8. The fourth-order valence-corrected chi connectivity index (χ4v) is 11.2. The van der Waals surface area contributed by atoms with Crippen LogP contribution in [-0.4, -0.2) is 46.8 Å². The molecular weight excluding hydrogens is 480 g/mol. The van der Waals surface area contributed by atoms with E-state index in [4.69, 9.17) is 0 Å². The SMILES string of the molecule is CCC1(C2(C3(CC(=O)N4CCN(C5(C6(c7ccccc7)CC6)CC5)C(=O)C5(CC5)C5(CC5)C4)CC3)CC2)CC1. The van der Waals surface area contributed by atoms with Gasteiger partial charge in [-0.15, -0.1) is 0 Å². The van der Waals surface area contributed by atoms with E-state index < -0.39 is 0 Å². The number of carbonyl (C=O) groups excluding carboxylic acids is 2. The third-order valence-electron chi connectivity index (χ3n) is 14.6. The average molecular weight is 527 g/mol. The summed E-state index contributed by atoms with van der Waals surface area (Å²) in [5.74, 6) is 0.900. The Kier molecular flexibility index (Phi) is 4.36. The van der Waals surface area contributed by atoms with E-state index in [1.807, 2.05) is 0 Å². The summed E-state index contributed by atoms with van der Waals surface area (Å²) in [6.07, 6.45) is 19.2. The zero-order chi connectivity index (χ0) is 26.4. The minimum Gasteiger partial charge on any atom is -0.340 e. The highest BCUT2D eigenvalue weighted by atomic mass is 16.2. The fourth-order valence-electron chi connectivity index (χ4n) is 11.2. The minimum atomic E-state index is -0.177. The third-order valence-corrected chi connectivity index (χ3v) is 14.6. The van der Waals surface area contributed by atoms with Crippen molar-refractivity contribution < 1.29 is 9.59 Å². The van der Waals surface area contributed by atoms with E-state index in [0.717, 1.165) is 64.6 Å². The van der Waals surface area contributed by atoms with Gasteiger partial charge in [-0.3, -0.25) is 9.59 Å². The zero-order valence-electron chi connectivity index (χ0n) is 24.0. The Bertz CT molecular complexity index is 1240. The van der Waals surface area contributed by atoms with Crippen LogP contribution in [0.15, 0.2) is 30.3 Å². The summed E-state index contributed by atoms with van der Waals surface area (Å²) in [4.78, 5) is 33.5. The summed E-state index contributed by atoms with van der Waals surface area (Å²) in [6.45, 7) is 4.74. The monoisotopic (exact) mass is 526 g/mol. The molecule has 9 rings (SSSR count). The van der Waals surface area contributed by atoms with Gasteiger partial charge >= 0.3 is 0 Å². The van der Waals surface area contributed by atoms with Gasteiger partial charge in [0.15, 0.2) is 0 Å². The van der Waals surface area contributed by atoms with Crippen LogP contribution in [-0.2, 0) is 15.0 Å². The maximum atomic E-state index is 14.6. The summed E-state index contributed by atoms with van der Waals surface area (Å²) in [5.41, 5.74) is 2.79. The molecule has 4 heteroatoms.